The topological polar surface area (TPSA) is 106 Å². The average molecular weight is 379 g/mol. The molecule has 0 aliphatic carbocycles. The molecule has 27 heavy (non-hydrogen) atoms. The van der Waals surface area contributed by atoms with Crippen molar-refractivity contribution in [3.05, 3.63) is 65.7 Å². The summed E-state index contributed by atoms with van der Waals surface area (Å²) in [5.74, 6) is -0.425. The SMILES string of the molecule is C=C1C[C@@](C)(c2cc(NC(=O)c3nc4ccccc4o3)ccn2)N=C(N)S1. The number of pyridine rings is 1. The maximum atomic E-state index is 12.5. The summed E-state index contributed by atoms with van der Waals surface area (Å²) < 4.78 is 5.51. The zero-order valence-corrected chi connectivity index (χ0v) is 15.4. The first-order valence-electron chi connectivity index (χ1n) is 8.27. The molecule has 1 aliphatic rings. The second-order valence-corrected chi connectivity index (χ2v) is 7.61. The lowest BCUT2D eigenvalue weighted by molar-refractivity contribution is 0.0992. The Morgan fingerprint density at radius 3 is 2.96 bits per heavy atom. The molecule has 0 bridgehead atoms. The number of aliphatic imine (C=N–C) groups is 1. The van der Waals surface area contributed by atoms with Gasteiger partial charge in [0.25, 0.3) is 5.89 Å². The van der Waals surface area contributed by atoms with E-state index in [0.29, 0.717) is 34.1 Å². The number of para-hydroxylation sites is 2. The molecule has 8 heteroatoms. The third-order valence-electron chi connectivity index (χ3n) is 4.20. The zero-order valence-electron chi connectivity index (χ0n) is 14.6. The van der Waals surface area contributed by atoms with Crippen LogP contribution in [0.5, 0.6) is 0 Å². The first-order chi connectivity index (χ1) is 12.9. The number of benzene rings is 1. The van der Waals surface area contributed by atoms with Crippen molar-refractivity contribution in [2.75, 3.05) is 5.32 Å². The highest BCUT2D eigenvalue weighted by Crippen LogP contribution is 2.39. The van der Waals surface area contributed by atoms with E-state index in [1.54, 1.807) is 30.5 Å². The standard InChI is InChI=1S/C19H17N5O2S/c1-11-10-19(2,24-18(20)27-11)15-9-12(7-8-21-15)22-16(25)17-23-13-5-3-4-6-14(13)26-17/h3-9H,1,10H2,2H3,(H2,20,24)(H,21,22,25)/t19-/m0/s1. The predicted molar refractivity (Wildman–Crippen MR) is 107 cm³/mol. The third kappa shape index (κ3) is 3.43. The van der Waals surface area contributed by atoms with Crippen molar-refractivity contribution >= 4 is 39.6 Å². The highest BCUT2D eigenvalue weighted by Gasteiger charge is 2.33. The van der Waals surface area contributed by atoms with Crippen LogP contribution in [0.1, 0.15) is 29.7 Å². The van der Waals surface area contributed by atoms with E-state index in [4.69, 9.17) is 10.2 Å². The fraction of sp³-hybridized carbons (Fsp3) is 0.158. The van der Waals surface area contributed by atoms with Crippen molar-refractivity contribution in [1.29, 1.82) is 0 Å². The van der Waals surface area contributed by atoms with Gasteiger partial charge in [-0.2, -0.15) is 0 Å². The predicted octanol–water partition coefficient (Wildman–Crippen LogP) is 3.66. The number of fused-ring (bicyclic) bond motifs is 1. The fourth-order valence-electron chi connectivity index (χ4n) is 2.98. The minimum Gasteiger partial charge on any atom is -0.432 e. The van der Waals surface area contributed by atoms with E-state index in [9.17, 15) is 4.79 Å². The number of anilines is 1. The van der Waals surface area contributed by atoms with Crippen LogP contribution < -0.4 is 11.1 Å². The van der Waals surface area contributed by atoms with Crippen LogP contribution in [-0.4, -0.2) is 21.0 Å². The molecule has 0 saturated carbocycles. The molecule has 1 aliphatic heterocycles. The number of hydrogen-bond acceptors (Lipinski definition) is 7. The van der Waals surface area contributed by atoms with E-state index in [-0.39, 0.29) is 5.89 Å². The van der Waals surface area contributed by atoms with Crippen LogP contribution in [0.25, 0.3) is 11.1 Å². The van der Waals surface area contributed by atoms with Gasteiger partial charge in [-0.15, -0.1) is 0 Å². The number of aromatic nitrogens is 2. The number of nitrogens with zero attached hydrogens (tertiary/aromatic N) is 3. The highest BCUT2D eigenvalue weighted by atomic mass is 32.2. The van der Waals surface area contributed by atoms with Crippen molar-refractivity contribution in [1.82, 2.24) is 9.97 Å². The van der Waals surface area contributed by atoms with E-state index in [0.717, 1.165) is 4.91 Å². The number of nitrogens with one attached hydrogen (secondary N) is 1. The largest absolute Gasteiger partial charge is 0.432 e. The molecule has 0 spiro atoms. The number of thioether (sulfide) groups is 1. The molecule has 7 nitrogen and oxygen atoms in total. The van der Waals surface area contributed by atoms with Crippen molar-refractivity contribution in [3.8, 4) is 0 Å². The quantitative estimate of drug-likeness (QED) is 0.719. The summed E-state index contributed by atoms with van der Waals surface area (Å²) in [6, 6.07) is 10.7. The molecule has 0 unspecified atom stereocenters. The fourth-order valence-corrected chi connectivity index (χ4v) is 3.87. The number of hydrogen-bond donors (Lipinski definition) is 2. The Bertz CT molecular complexity index is 1060. The lowest BCUT2D eigenvalue weighted by Gasteiger charge is -2.30. The summed E-state index contributed by atoms with van der Waals surface area (Å²) in [6.45, 7) is 5.94. The maximum absolute atomic E-state index is 12.5. The van der Waals surface area contributed by atoms with E-state index in [2.05, 4.69) is 26.9 Å². The van der Waals surface area contributed by atoms with Gasteiger partial charge < -0.3 is 15.5 Å². The molecule has 1 amide bonds. The molecule has 0 fully saturated rings. The second kappa shape index (κ2) is 6.55. The van der Waals surface area contributed by atoms with Gasteiger partial charge >= 0.3 is 5.91 Å². The summed E-state index contributed by atoms with van der Waals surface area (Å²) in [5.41, 5.74) is 7.75. The summed E-state index contributed by atoms with van der Waals surface area (Å²) in [7, 11) is 0. The molecule has 1 aromatic carbocycles. The smallest absolute Gasteiger partial charge is 0.311 e. The minimum absolute atomic E-state index is 0.00508. The zero-order chi connectivity index (χ0) is 19.0. The summed E-state index contributed by atoms with van der Waals surface area (Å²) in [6.07, 6.45) is 2.24. The van der Waals surface area contributed by atoms with Gasteiger partial charge in [0.2, 0.25) is 0 Å². The Morgan fingerprint density at radius 2 is 2.19 bits per heavy atom. The number of rotatable bonds is 3. The number of amidine groups is 1. The average Bonchev–Trinajstić information content (AvgIpc) is 3.05. The Balaban J connectivity index is 1.60. The van der Waals surface area contributed by atoms with Gasteiger partial charge in [-0.3, -0.25) is 9.78 Å². The lowest BCUT2D eigenvalue weighted by Crippen LogP contribution is -2.28. The van der Waals surface area contributed by atoms with Gasteiger partial charge in [-0.1, -0.05) is 30.5 Å². The molecule has 0 radical (unpaired) electrons. The lowest BCUT2D eigenvalue weighted by atomic mass is 9.93. The molecule has 0 saturated heterocycles. The summed E-state index contributed by atoms with van der Waals surface area (Å²) >= 11 is 1.37. The molecule has 136 valence electrons. The van der Waals surface area contributed by atoms with Crippen LogP contribution in [0.4, 0.5) is 5.69 Å². The molecular weight excluding hydrogens is 362 g/mol. The van der Waals surface area contributed by atoms with Gasteiger partial charge in [0, 0.05) is 18.3 Å². The Kier molecular flexibility index (Phi) is 4.19. The first-order valence-corrected chi connectivity index (χ1v) is 9.09. The Hall–Kier alpha value is -3.13. The van der Waals surface area contributed by atoms with E-state index < -0.39 is 11.4 Å². The number of nitrogens with two attached hydrogens (primary N) is 1. The number of oxazole rings is 1. The van der Waals surface area contributed by atoms with Crippen molar-refractivity contribution < 1.29 is 9.21 Å². The van der Waals surface area contributed by atoms with Crippen molar-refractivity contribution in [2.24, 2.45) is 10.7 Å². The molecule has 4 rings (SSSR count). The van der Waals surface area contributed by atoms with Gasteiger partial charge in [0.05, 0.1) is 5.69 Å². The Labute approximate surface area is 159 Å². The van der Waals surface area contributed by atoms with Crippen LogP contribution in [-0.2, 0) is 5.54 Å². The molecule has 3 N–H and O–H groups in total. The van der Waals surface area contributed by atoms with Crippen LogP contribution in [0.15, 0.2) is 63.5 Å². The van der Waals surface area contributed by atoms with Crippen molar-refractivity contribution in [3.63, 3.8) is 0 Å². The number of carbonyl (C=O) groups excluding carboxylic acids is 1. The van der Waals surface area contributed by atoms with Gasteiger partial charge in [-0.05, 0) is 36.1 Å². The monoisotopic (exact) mass is 379 g/mol. The van der Waals surface area contributed by atoms with Crippen molar-refractivity contribution in [2.45, 2.75) is 18.9 Å². The van der Waals surface area contributed by atoms with E-state index in [1.807, 2.05) is 19.1 Å². The van der Waals surface area contributed by atoms with Gasteiger partial charge in [0.15, 0.2) is 10.8 Å². The van der Waals surface area contributed by atoms with Crippen LogP contribution in [0.2, 0.25) is 0 Å². The van der Waals surface area contributed by atoms with E-state index >= 15 is 0 Å². The van der Waals surface area contributed by atoms with E-state index in [1.165, 1.54) is 11.8 Å². The molecule has 3 heterocycles. The summed E-state index contributed by atoms with van der Waals surface area (Å²) in [4.78, 5) is 26.6. The first kappa shape index (κ1) is 17.3. The molecule has 1 atom stereocenters. The maximum Gasteiger partial charge on any atom is 0.311 e. The third-order valence-corrected chi connectivity index (χ3v) is 4.94. The van der Waals surface area contributed by atoms with Crippen LogP contribution in [0.3, 0.4) is 0 Å². The number of amides is 1. The minimum atomic E-state index is -0.620. The number of carbonyl (C=O) groups is 1. The highest BCUT2D eigenvalue weighted by molar-refractivity contribution is 8.17. The van der Waals surface area contributed by atoms with Crippen LogP contribution in [0, 0.1) is 0 Å². The van der Waals surface area contributed by atoms with Gasteiger partial charge in [0.1, 0.15) is 11.1 Å². The Morgan fingerprint density at radius 1 is 1.37 bits per heavy atom. The molecular formula is C19H17N5O2S. The normalized spacial score (nSPS) is 19.7. The van der Waals surface area contributed by atoms with Gasteiger partial charge in [-0.25, -0.2) is 9.98 Å². The molecule has 2 aromatic heterocycles. The molecule has 3 aromatic rings. The summed E-state index contributed by atoms with van der Waals surface area (Å²) in [5, 5.41) is 3.25. The second-order valence-electron chi connectivity index (χ2n) is 6.41. The van der Waals surface area contributed by atoms with Crippen LogP contribution >= 0.6 is 11.8 Å².